The number of anilines is 4. The summed E-state index contributed by atoms with van der Waals surface area (Å²) in [5.41, 5.74) is 1.75. The summed E-state index contributed by atoms with van der Waals surface area (Å²) < 4.78 is 54.2. The van der Waals surface area contributed by atoms with Crippen LogP contribution in [0.15, 0.2) is 36.7 Å². The van der Waals surface area contributed by atoms with Crippen molar-refractivity contribution in [2.75, 3.05) is 17.7 Å². The first-order valence-electron chi connectivity index (χ1n) is 14.8. The van der Waals surface area contributed by atoms with Gasteiger partial charge >= 0.3 is 13.8 Å². The van der Waals surface area contributed by atoms with E-state index in [9.17, 15) is 37.4 Å². The molecule has 5 rings (SSSR count). The molecule has 0 spiro atoms. The molecule has 1 aliphatic heterocycles. The van der Waals surface area contributed by atoms with Crippen molar-refractivity contribution >= 4 is 36.6 Å². The monoisotopic (exact) mass is 648 g/mol. The molecule has 11 nitrogen and oxygen atoms in total. The summed E-state index contributed by atoms with van der Waals surface area (Å²) in [4.78, 5) is 47.0. The minimum Gasteiger partial charge on any atom is -0.393 e. The zero-order valence-electron chi connectivity index (χ0n) is 25.1. The number of benzene rings is 1. The number of pyridine rings is 1. The maximum atomic E-state index is 14.0. The lowest BCUT2D eigenvalue weighted by Gasteiger charge is -2.31. The van der Waals surface area contributed by atoms with Crippen LogP contribution in [-0.2, 0) is 22.4 Å². The Hall–Kier alpha value is -3.58. The molecule has 0 bridgehead atoms. The zero-order valence-corrected chi connectivity index (χ0v) is 26.0. The van der Waals surface area contributed by atoms with E-state index < -0.39 is 30.3 Å². The fraction of sp³-hybridized carbons (Fsp3) is 0.467. The van der Waals surface area contributed by atoms with Crippen molar-refractivity contribution in [1.82, 2.24) is 19.9 Å². The molecule has 3 aromatic rings. The van der Waals surface area contributed by atoms with Gasteiger partial charge in [-0.25, -0.2) is 4.98 Å². The lowest BCUT2D eigenvalue weighted by molar-refractivity contribution is -0.137. The van der Waals surface area contributed by atoms with Gasteiger partial charge in [-0.2, -0.15) is 18.2 Å². The number of aromatic nitrogens is 3. The van der Waals surface area contributed by atoms with Gasteiger partial charge in [0.15, 0.2) is 0 Å². The van der Waals surface area contributed by atoms with E-state index in [-0.39, 0.29) is 48.1 Å². The summed E-state index contributed by atoms with van der Waals surface area (Å²) in [5.74, 6) is -0.785. The molecule has 5 N–H and O–H groups in total. The van der Waals surface area contributed by atoms with Gasteiger partial charge in [0.05, 0.1) is 34.9 Å². The smallest absolute Gasteiger partial charge is 0.393 e. The first-order chi connectivity index (χ1) is 21.2. The summed E-state index contributed by atoms with van der Waals surface area (Å²) in [6.07, 6.45) is -0.120. The minimum absolute atomic E-state index is 0.111. The van der Waals surface area contributed by atoms with Gasteiger partial charge < -0.3 is 30.4 Å². The van der Waals surface area contributed by atoms with Crippen molar-refractivity contribution in [3.05, 3.63) is 64.6 Å². The maximum Gasteiger partial charge on any atom is 0.421 e. The molecule has 45 heavy (non-hydrogen) atoms. The zero-order chi connectivity index (χ0) is 32.7. The predicted molar refractivity (Wildman–Crippen MR) is 162 cm³/mol. The molecule has 15 heteroatoms. The van der Waals surface area contributed by atoms with E-state index in [0.29, 0.717) is 36.8 Å². The Kier molecular flexibility index (Phi) is 8.98. The highest BCUT2D eigenvalue weighted by molar-refractivity contribution is 7.53. The third kappa shape index (κ3) is 6.29. The molecule has 1 saturated carbocycles. The largest absolute Gasteiger partial charge is 0.421 e. The van der Waals surface area contributed by atoms with E-state index in [1.165, 1.54) is 18.3 Å². The number of rotatable bonds is 9. The number of halogens is 3. The van der Waals surface area contributed by atoms with Crippen LogP contribution in [0.1, 0.15) is 91.0 Å². The SMILES string of the molecule is CCC(CC)(c1ccc(Nc2nc(Nc3ccc([C@H]4CC[C@H](O)CC4)c4c3C(=O)N(C)C4)ncc2C(F)(F)F)cn1)P(=O)(O)O. The normalized spacial score (nSPS) is 19.0. The number of amides is 1. The Morgan fingerprint density at radius 3 is 2.27 bits per heavy atom. The number of alkyl halides is 3. The van der Waals surface area contributed by atoms with Crippen LogP contribution in [-0.4, -0.2) is 53.8 Å². The Morgan fingerprint density at radius 2 is 1.69 bits per heavy atom. The second-order valence-electron chi connectivity index (χ2n) is 11.6. The van der Waals surface area contributed by atoms with E-state index >= 15 is 0 Å². The minimum atomic E-state index is -4.80. The number of hydrogen-bond donors (Lipinski definition) is 5. The highest BCUT2D eigenvalue weighted by Gasteiger charge is 2.46. The quantitative estimate of drug-likeness (QED) is 0.170. The Labute approximate surface area is 258 Å². The van der Waals surface area contributed by atoms with Gasteiger partial charge in [0.25, 0.3) is 5.91 Å². The molecule has 1 amide bonds. The first kappa shape index (κ1) is 32.8. The van der Waals surface area contributed by atoms with E-state index in [4.69, 9.17) is 0 Å². The molecule has 0 atom stereocenters. The number of carbonyl (C=O) groups excluding carboxylic acids is 1. The van der Waals surface area contributed by atoms with Gasteiger partial charge in [0.2, 0.25) is 5.95 Å². The summed E-state index contributed by atoms with van der Waals surface area (Å²) >= 11 is 0. The third-order valence-electron chi connectivity index (χ3n) is 9.01. The average Bonchev–Trinajstić information content (AvgIpc) is 3.28. The molecule has 0 unspecified atom stereocenters. The van der Waals surface area contributed by atoms with Crippen LogP contribution >= 0.6 is 7.60 Å². The first-order valence-corrected chi connectivity index (χ1v) is 16.4. The van der Waals surface area contributed by atoms with Crippen molar-refractivity contribution in [2.24, 2.45) is 0 Å². The summed E-state index contributed by atoms with van der Waals surface area (Å²) in [5, 5.41) is 14.0. The highest BCUT2D eigenvalue weighted by atomic mass is 31.2. The van der Waals surface area contributed by atoms with E-state index in [1.807, 2.05) is 6.07 Å². The third-order valence-corrected chi connectivity index (χ3v) is 11.0. The second-order valence-corrected chi connectivity index (χ2v) is 13.6. The lowest BCUT2D eigenvalue weighted by Crippen LogP contribution is -2.25. The van der Waals surface area contributed by atoms with Crippen LogP contribution in [0.2, 0.25) is 0 Å². The summed E-state index contributed by atoms with van der Waals surface area (Å²) in [6.45, 7) is 3.66. The number of fused-ring (bicyclic) bond motifs is 1. The molecule has 3 heterocycles. The van der Waals surface area contributed by atoms with Crippen LogP contribution in [0.25, 0.3) is 0 Å². The van der Waals surface area contributed by atoms with Crippen LogP contribution in [0.3, 0.4) is 0 Å². The Balaban J connectivity index is 1.47. The number of carbonyl (C=O) groups is 1. The number of aliphatic hydroxyl groups is 1. The van der Waals surface area contributed by atoms with E-state index in [0.717, 1.165) is 24.0 Å². The molecule has 242 valence electrons. The van der Waals surface area contributed by atoms with Gasteiger partial charge in [0, 0.05) is 19.8 Å². The second kappa shape index (κ2) is 12.3. The Bertz CT molecular complexity index is 1620. The van der Waals surface area contributed by atoms with Crippen LogP contribution in [0.5, 0.6) is 0 Å². The van der Waals surface area contributed by atoms with Crippen LogP contribution in [0.4, 0.5) is 36.3 Å². The fourth-order valence-corrected chi connectivity index (χ4v) is 7.62. The van der Waals surface area contributed by atoms with Gasteiger partial charge in [-0.1, -0.05) is 19.9 Å². The van der Waals surface area contributed by atoms with Crippen LogP contribution in [0, 0.1) is 0 Å². The molecule has 1 fully saturated rings. The Morgan fingerprint density at radius 1 is 1.00 bits per heavy atom. The van der Waals surface area contributed by atoms with Crippen molar-refractivity contribution in [3.63, 3.8) is 0 Å². The summed E-state index contributed by atoms with van der Waals surface area (Å²) in [7, 11) is -2.92. The molecule has 0 radical (unpaired) electrons. The van der Waals surface area contributed by atoms with Crippen LogP contribution < -0.4 is 10.6 Å². The van der Waals surface area contributed by atoms with Gasteiger partial charge in [-0.05, 0) is 73.8 Å². The molecule has 0 saturated heterocycles. The molecule has 1 aliphatic carbocycles. The molecule has 2 aliphatic rings. The molecular formula is C30H36F3N6O5P. The van der Waals surface area contributed by atoms with Crippen molar-refractivity contribution in [1.29, 1.82) is 0 Å². The number of nitrogens with one attached hydrogen (secondary N) is 2. The van der Waals surface area contributed by atoms with Crippen molar-refractivity contribution in [2.45, 2.75) is 82.3 Å². The molecule has 2 aromatic heterocycles. The van der Waals surface area contributed by atoms with E-state index in [1.54, 1.807) is 31.9 Å². The molecular weight excluding hydrogens is 612 g/mol. The number of hydrogen-bond acceptors (Lipinski definition) is 8. The standard InChI is InChI=1S/C30H36F3N6O5P/c1-4-29(5-2,45(42,43)44)24-13-8-18(14-34-24)36-26-22(30(31,32)33)15-35-28(38-26)37-23-12-11-20(17-6-9-19(40)10-7-17)21-16-39(3)27(41)25(21)23/h8,11-15,17,19,40H,4-7,9-10,16H2,1-3H3,(H2,42,43,44)(H2,35,36,37,38)/t17-,19-. The van der Waals surface area contributed by atoms with Crippen molar-refractivity contribution in [3.8, 4) is 0 Å². The number of nitrogens with zero attached hydrogens (tertiary/aromatic N) is 4. The lowest BCUT2D eigenvalue weighted by atomic mass is 9.80. The van der Waals surface area contributed by atoms with Crippen molar-refractivity contribution < 1.29 is 37.4 Å². The highest BCUT2D eigenvalue weighted by Crippen LogP contribution is 2.60. The molecule has 1 aromatic carbocycles. The topological polar surface area (TPSA) is 161 Å². The van der Waals surface area contributed by atoms with Gasteiger partial charge in [-0.3, -0.25) is 14.3 Å². The fourth-order valence-electron chi connectivity index (χ4n) is 6.37. The maximum absolute atomic E-state index is 14.0. The average molecular weight is 649 g/mol. The summed E-state index contributed by atoms with van der Waals surface area (Å²) in [6, 6.07) is 6.39. The van der Waals surface area contributed by atoms with E-state index in [2.05, 4.69) is 25.6 Å². The number of aliphatic hydroxyl groups excluding tert-OH is 1. The predicted octanol–water partition coefficient (Wildman–Crippen LogP) is 6.17. The van der Waals surface area contributed by atoms with Gasteiger partial charge in [0.1, 0.15) is 16.5 Å². The van der Waals surface area contributed by atoms with Gasteiger partial charge in [-0.15, -0.1) is 0 Å².